The molecule has 4 aromatic carbocycles. The van der Waals surface area contributed by atoms with Gasteiger partial charge in [-0.05, 0) is 64.0 Å². The predicted octanol–water partition coefficient (Wildman–Crippen LogP) is 3.50. The number of fused-ring (bicyclic) bond motifs is 4. The Kier molecular flexibility index (Phi) is 7.26. The topological polar surface area (TPSA) is 158 Å². The molecule has 0 saturated carbocycles. The minimum absolute atomic E-state index is 0.0495. The van der Waals surface area contributed by atoms with E-state index in [0.717, 1.165) is 32.3 Å². The molecule has 2 aromatic heterocycles. The van der Waals surface area contributed by atoms with Crippen LogP contribution in [0.5, 0.6) is 11.8 Å². The van der Waals surface area contributed by atoms with Gasteiger partial charge in [-0.25, -0.2) is 20.0 Å². The first-order valence-electron chi connectivity index (χ1n) is 16.2. The molecule has 2 aliphatic rings. The van der Waals surface area contributed by atoms with E-state index in [2.05, 4.69) is 30.6 Å². The highest BCUT2D eigenvalue weighted by atomic mass is 16.3. The van der Waals surface area contributed by atoms with Gasteiger partial charge in [0.2, 0.25) is 11.8 Å². The van der Waals surface area contributed by atoms with Gasteiger partial charge in [0, 0.05) is 69.3 Å². The molecule has 0 amide bonds. The predicted molar refractivity (Wildman–Crippen MR) is 189 cm³/mol. The van der Waals surface area contributed by atoms with Crippen LogP contribution in [0, 0.1) is 0 Å². The number of hydrogen-bond donors (Lipinski definition) is 4. The average Bonchev–Trinajstić information content (AvgIpc) is 3.66. The van der Waals surface area contributed by atoms with Crippen LogP contribution in [0.1, 0.15) is 26.7 Å². The van der Waals surface area contributed by atoms with Gasteiger partial charge >= 0.3 is 0 Å². The molecular weight excluding hydrogens is 608 g/mol. The lowest BCUT2D eigenvalue weighted by molar-refractivity contribution is 0.406. The number of aromatic nitrogens is 2. The summed E-state index contributed by atoms with van der Waals surface area (Å²) in [6, 6.07) is 14.8. The number of pyridine rings is 2. The molecule has 0 unspecified atom stereocenters. The molecule has 2 aliphatic heterocycles. The van der Waals surface area contributed by atoms with Gasteiger partial charge in [-0.1, -0.05) is 24.3 Å². The highest BCUT2D eigenvalue weighted by molar-refractivity contribution is 6.14. The van der Waals surface area contributed by atoms with Crippen molar-refractivity contribution in [2.75, 3.05) is 26.2 Å². The molecule has 0 fully saturated rings. The molecule has 0 atom stereocenters. The summed E-state index contributed by atoms with van der Waals surface area (Å²) in [5.41, 5.74) is 0.961. The molecule has 6 aromatic rings. The molecule has 0 aliphatic carbocycles. The van der Waals surface area contributed by atoms with Crippen LogP contribution in [0.3, 0.4) is 0 Å². The van der Waals surface area contributed by atoms with Crippen LogP contribution >= 0.6 is 0 Å². The molecule has 12 heteroatoms. The van der Waals surface area contributed by atoms with Crippen LogP contribution in [-0.2, 0) is 13.1 Å². The van der Waals surface area contributed by atoms with E-state index in [4.69, 9.17) is 0 Å². The first-order chi connectivity index (χ1) is 23.3. The van der Waals surface area contributed by atoms with Crippen molar-refractivity contribution < 1.29 is 10.2 Å². The fraction of sp³-hybridized carbons (Fsp3) is 0.278. The summed E-state index contributed by atoms with van der Waals surface area (Å²) in [6.07, 6.45) is 1.31. The second-order valence-electron chi connectivity index (χ2n) is 12.3. The van der Waals surface area contributed by atoms with Crippen molar-refractivity contribution in [3.05, 3.63) is 80.0 Å². The monoisotopic (exact) mass is 642 g/mol. The number of benzene rings is 4. The van der Waals surface area contributed by atoms with Crippen LogP contribution in [0.15, 0.2) is 78.1 Å². The van der Waals surface area contributed by atoms with E-state index in [9.17, 15) is 19.8 Å². The minimum Gasteiger partial charge on any atom is -0.494 e. The van der Waals surface area contributed by atoms with Gasteiger partial charge in [-0.15, -0.1) is 0 Å². The molecule has 0 radical (unpaired) electrons. The number of aromatic hydroxyl groups is 2. The third-order valence-corrected chi connectivity index (χ3v) is 9.23. The van der Waals surface area contributed by atoms with Gasteiger partial charge in [0.25, 0.3) is 11.1 Å². The van der Waals surface area contributed by atoms with Gasteiger partial charge in [0.1, 0.15) is 11.7 Å². The van der Waals surface area contributed by atoms with Crippen molar-refractivity contribution in [2.45, 2.75) is 39.8 Å². The zero-order chi connectivity index (χ0) is 33.1. The van der Waals surface area contributed by atoms with Crippen LogP contribution in [0.25, 0.3) is 43.1 Å². The lowest BCUT2D eigenvalue weighted by Crippen LogP contribution is -2.30. The second kappa shape index (κ2) is 11.7. The normalized spacial score (nSPS) is 13.7. The smallest absolute Gasteiger partial charge is 0.261 e. The summed E-state index contributed by atoms with van der Waals surface area (Å²) in [5, 5.41) is 35.9. The van der Waals surface area contributed by atoms with E-state index in [1.54, 1.807) is 12.1 Å². The van der Waals surface area contributed by atoms with Crippen LogP contribution < -0.4 is 32.5 Å². The van der Waals surface area contributed by atoms with E-state index in [1.165, 1.54) is 9.13 Å². The number of rotatable bonds is 11. The Morgan fingerprint density at radius 2 is 1.00 bits per heavy atom. The standard InChI is InChI=1S/C36H34N8O4/c1-19-39-27-17-25-29-21(31(27)41-19)7-3-9-23(29)33(45)43(35(25)47)15-5-11-37-13-14-38-12-6-16-44-34(46)24-10-4-8-22-30(24)26(36(44)48)18-28-32(22)42-20(2)40-28/h3-4,7-10,17-18,37-38,47-48H,5-6,11-16H2,1-2H3. The third kappa shape index (κ3) is 4.75. The van der Waals surface area contributed by atoms with Crippen molar-refractivity contribution in [3.8, 4) is 11.8 Å². The van der Waals surface area contributed by atoms with Crippen LogP contribution in [0.4, 0.5) is 11.4 Å². The Balaban J connectivity index is 0.856. The molecule has 4 N–H and O–H groups in total. The summed E-state index contributed by atoms with van der Waals surface area (Å²) in [4.78, 5) is 44.8. The number of amidine groups is 2. The van der Waals surface area contributed by atoms with Gasteiger partial charge in [0.05, 0.1) is 22.1 Å². The fourth-order valence-corrected chi connectivity index (χ4v) is 7.09. The number of nitrogens with one attached hydrogen (secondary N) is 2. The molecule has 12 nitrogen and oxygen atoms in total. The quantitative estimate of drug-likeness (QED) is 0.159. The largest absolute Gasteiger partial charge is 0.494 e. The summed E-state index contributed by atoms with van der Waals surface area (Å²) in [5.74, 6) is 1.21. The van der Waals surface area contributed by atoms with E-state index in [1.807, 2.05) is 50.2 Å². The second-order valence-corrected chi connectivity index (χ2v) is 12.3. The summed E-state index contributed by atoms with van der Waals surface area (Å²) in [7, 11) is 0. The number of nitrogens with zero attached hydrogens (tertiary/aromatic N) is 6. The molecule has 4 heterocycles. The van der Waals surface area contributed by atoms with Crippen molar-refractivity contribution >= 4 is 66.1 Å². The molecule has 8 rings (SSSR count). The van der Waals surface area contributed by atoms with Crippen LogP contribution in [-0.4, -0.2) is 57.2 Å². The molecule has 242 valence electrons. The van der Waals surface area contributed by atoms with Crippen molar-refractivity contribution in [3.63, 3.8) is 0 Å². The zero-order valence-corrected chi connectivity index (χ0v) is 26.7. The highest BCUT2D eigenvalue weighted by Crippen LogP contribution is 2.34. The average molecular weight is 643 g/mol. The maximum Gasteiger partial charge on any atom is 0.261 e. The van der Waals surface area contributed by atoms with Crippen molar-refractivity contribution in [1.29, 1.82) is 0 Å². The Morgan fingerprint density at radius 1 is 0.583 bits per heavy atom. The maximum absolute atomic E-state index is 13.4. The molecule has 0 bridgehead atoms. The van der Waals surface area contributed by atoms with Gasteiger partial charge < -0.3 is 20.8 Å². The fourth-order valence-electron chi connectivity index (χ4n) is 7.09. The van der Waals surface area contributed by atoms with Gasteiger partial charge in [0.15, 0.2) is 0 Å². The summed E-state index contributed by atoms with van der Waals surface area (Å²) in [6.45, 7) is 7.16. The lowest BCUT2D eigenvalue weighted by atomic mass is 10.0. The Morgan fingerprint density at radius 3 is 1.44 bits per heavy atom. The Hall–Kier alpha value is -5.46. The lowest BCUT2D eigenvalue weighted by Gasteiger charge is -2.15. The Bertz CT molecular complexity index is 2440. The van der Waals surface area contributed by atoms with Crippen molar-refractivity contribution in [2.24, 2.45) is 20.0 Å². The van der Waals surface area contributed by atoms with E-state index < -0.39 is 0 Å². The van der Waals surface area contributed by atoms with E-state index in [0.29, 0.717) is 96.7 Å². The highest BCUT2D eigenvalue weighted by Gasteiger charge is 2.21. The van der Waals surface area contributed by atoms with Crippen molar-refractivity contribution in [1.82, 2.24) is 19.8 Å². The Labute approximate surface area is 273 Å². The minimum atomic E-state index is -0.221. The molecule has 48 heavy (non-hydrogen) atoms. The van der Waals surface area contributed by atoms with E-state index in [-0.39, 0.29) is 22.9 Å². The van der Waals surface area contributed by atoms with Gasteiger partial charge in [-0.3, -0.25) is 18.7 Å². The third-order valence-electron chi connectivity index (χ3n) is 9.23. The molecule has 0 saturated heterocycles. The first-order valence-corrected chi connectivity index (χ1v) is 16.2. The van der Waals surface area contributed by atoms with E-state index >= 15 is 0 Å². The number of aliphatic imine (C=N–C) groups is 2. The van der Waals surface area contributed by atoms with Crippen LogP contribution in [0.2, 0.25) is 0 Å². The van der Waals surface area contributed by atoms with Gasteiger partial charge in [-0.2, -0.15) is 0 Å². The zero-order valence-electron chi connectivity index (χ0n) is 26.7. The first kappa shape index (κ1) is 29.9. The maximum atomic E-state index is 13.4. The summed E-state index contributed by atoms with van der Waals surface area (Å²) < 4.78 is 2.88. The summed E-state index contributed by atoms with van der Waals surface area (Å²) >= 11 is 0. The molecule has 0 spiro atoms. The SMILES string of the molecule is CC1=Nc2cc3c(O)n(CCCNCCNCCCn4c(O)c5cc6c(c7cccc(c4=O)c57)=NC(C)=N6)c(=O)c4cccc(c2=N1)c34. The number of hydrogen-bond acceptors (Lipinski definition) is 10. The molecular formula is C36H34N8O4.